The summed E-state index contributed by atoms with van der Waals surface area (Å²) in [5, 5.41) is 3.43. The van der Waals surface area contributed by atoms with Crippen LogP contribution in [0.25, 0.3) is 0 Å². The molecule has 0 aromatic heterocycles. The van der Waals surface area contributed by atoms with Crippen LogP contribution in [-0.2, 0) is 0 Å². The van der Waals surface area contributed by atoms with Crippen LogP contribution in [0, 0.1) is 5.41 Å². The van der Waals surface area contributed by atoms with Gasteiger partial charge in [0.2, 0.25) is 0 Å². The van der Waals surface area contributed by atoms with Gasteiger partial charge in [0, 0.05) is 18.7 Å². The van der Waals surface area contributed by atoms with Crippen LogP contribution in [0.15, 0.2) is 24.3 Å². The van der Waals surface area contributed by atoms with Crippen LogP contribution in [-0.4, -0.2) is 44.1 Å². The molecular formula is C17H25ClN2O2. The molecule has 122 valence electrons. The van der Waals surface area contributed by atoms with Crippen LogP contribution < -0.4 is 10.1 Å². The van der Waals surface area contributed by atoms with Gasteiger partial charge < -0.3 is 15.0 Å². The van der Waals surface area contributed by atoms with Crippen molar-refractivity contribution in [3.8, 4) is 5.75 Å². The third-order valence-electron chi connectivity index (χ3n) is 5.09. The number of piperidine rings is 2. The minimum atomic E-state index is 0. The Morgan fingerprint density at radius 3 is 2.50 bits per heavy atom. The molecule has 0 saturated carbocycles. The summed E-state index contributed by atoms with van der Waals surface area (Å²) >= 11 is 0. The summed E-state index contributed by atoms with van der Waals surface area (Å²) in [5.74, 6) is 0.880. The molecular weight excluding hydrogens is 300 g/mol. The third-order valence-corrected chi connectivity index (χ3v) is 5.09. The first-order valence-corrected chi connectivity index (χ1v) is 7.87. The maximum Gasteiger partial charge on any atom is 0.253 e. The van der Waals surface area contributed by atoms with Crippen molar-refractivity contribution in [2.24, 2.45) is 5.41 Å². The lowest BCUT2D eigenvalue weighted by atomic mass is 9.71. The van der Waals surface area contributed by atoms with Gasteiger partial charge in [-0.1, -0.05) is 6.07 Å². The van der Waals surface area contributed by atoms with Crippen LogP contribution in [0.4, 0.5) is 0 Å². The zero-order valence-corrected chi connectivity index (χ0v) is 14.0. The van der Waals surface area contributed by atoms with E-state index in [0.717, 1.165) is 50.3 Å². The molecule has 1 aromatic rings. The first-order chi connectivity index (χ1) is 10.2. The third kappa shape index (κ3) is 3.55. The molecule has 2 saturated heterocycles. The summed E-state index contributed by atoms with van der Waals surface area (Å²) in [6.07, 6.45) is 4.80. The van der Waals surface area contributed by atoms with Gasteiger partial charge in [-0.15, -0.1) is 12.4 Å². The Hall–Kier alpha value is -1.26. The molecule has 4 nitrogen and oxygen atoms in total. The molecule has 0 radical (unpaired) electrons. The number of methoxy groups -OCH3 is 1. The van der Waals surface area contributed by atoms with Crippen molar-refractivity contribution in [3.05, 3.63) is 29.8 Å². The van der Waals surface area contributed by atoms with Gasteiger partial charge >= 0.3 is 0 Å². The molecule has 0 atom stereocenters. The van der Waals surface area contributed by atoms with Crippen molar-refractivity contribution in [3.63, 3.8) is 0 Å². The van der Waals surface area contributed by atoms with Crippen molar-refractivity contribution in [1.82, 2.24) is 10.2 Å². The van der Waals surface area contributed by atoms with E-state index < -0.39 is 0 Å². The average Bonchev–Trinajstić information content (AvgIpc) is 2.56. The second kappa shape index (κ2) is 7.34. The summed E-state index contributed by atoms with van der Waals surface area (Å²) in [5.41, 5.74) is 1.21. The molecule has 3 rings (SSSR count). The van der Waals surface area contributed by atoms with Gasteiger partial charge in [-0.3, -0.25) is 4.79 Å². The van der Waals surface area contributed by atoms with Crippen LogP contribution in [0.5, 0.6) is 5.75 Å². The molecule has 2 aliphatic rings. The highest BCUT2D eigenvalue weighted by Crippen LogP contribution is 2.39. The zero-order chi connectivity index (χ0) is 14.7. The fourth-order valence-electron chi connectivity index (χ4n) is 3.58. The molecule has 1 spiro atoms. The molecule has 0 aliphatic carbocycles. The summed E-state index contributed by atoms with van der Waals surface area (Å²) in [6, 6.07) is 7.46. The van der Waals surface area contributed by atoms with E-state index in [1.54, 1.807) is 7.11 Å². The average molecular weight is 325 g/mol. The number of rotatable bonds is 2. The molecule has 1 amide bonds. The Morgan fingerprint density at radius 2 is 1.86 bits per heavy atom. The normalized spacial score (nSPS) is 20.3. The minimum Gasteiger partial charge on any atom is -0.497 e. The van der Waals surface area contributed by atoms with Gasteiger partial charge in [-0.05, 0) is 62.4 Å². The molecule has 2 fully saturated rings. The Morgan fingerprint density at radius 1 is 1.18 bits per heavy atom. The number of hydrogen-bond donors (Lipinski definition) is 1. The van der Waals surface area contributed by atoms with Crippen LogP contribution in [0.3, 0.4) is 0 Å². The second-order valence-corrected chi connectivity index (χ2v) is 6.27. The minimum absolute atomic E-state index is 0. The maximum atomic E-state index is 12.6. The van der Waals surface area contributed by atoms with Crippen LogP contribution in [0.2, 0.25) is 0 Å². The Kier molecular flexibility index (Phi) is 5.70. The number of nitrogens with one attached hydrogen (secondary N) is 1. The lowest BCUT2D eigenvalue weighted by Crippen LogP contribution is -2.47. The molecule has 0 unspecified atom stereocenters. The number of benzene rings is 1. The summed E-state index contributed by atoms with van der Waals surface area (Å²) in [7, 11) is 1.63. The largest absolute Gasteiger partial charge is 0.497 e. The Balaban J connectivity index is 0.00000176. The lowest BCUT2D eigenvalue weighted by Gasteiger charge is -2.44. The predicted molar refractivity (Wildman–Crippen MR) is 89.9 cm³/mol. The SMILES string of the molecule is COc1cccc(C(=O)N2CCC3(CCNCC3)CC2)c1.Cl. The summed E-state index contributed by atoms with van der Waals surface area (Å²) in [6.45, 7) is 4.03. The van der Waals surface area contributed by atoms with Gasteiger partial charge in [0.15, 0.2) is 0 Å². The van der Waals surface area contributed by atoms with Crippen molar-refractivity contribution in [2.75, 3.05) is 33.3 Å². The van der Waals surface area contributed by atoms with E-state index in [4.69, 9.17) is 4.74 Å². The van der Waals surface area contributed by atoms with E-state index in [2.05, 4.69) is 5.32 Å². The van der Waals surface area contributed by atoms with E-state index in [1.165, 1.54) is 12.8 Å². The highest BCUT2D eigenvalue weighted by molar-refractivity contribution is 5.94. The predicted octanol–water partition coefficient (Wildman–Crippen LogP) is 2.72. The maximum absolute atomic E-state index is 12.6. The van der Waals surface area contributed by atoms with Gasteiger partial charge in [0.25, 0.3) is 5.91 Å². The number of halogens is 1. The quantitative estimate of drug-likeness (QED) is 0.909. The molecule has 0 bridgehead atoms. The zero-order valence-electron chi connectivity index (χ0n) is 13.1. The van der Waals surface area contributed by atoms with Crippen molar-refractivity contribution in [2.45, 2.75) is 25.7 Å². The lowest BCUT2D eigenvalue weighted by molar-refractivity contribution is 0.0495. The van der Waals surface area contributed by atoms with Crippen molar-refractivity contribution < 1.29 is 9.53 Å². The monoisotopic (exact) mass is 324 g/mol. The van der Waals surface area contributed by atoms with Crippen molar-refractivity contribution in [1.29, 1.82) is 0 Å². The first kappa shape index (κ1) is 17.1. The molecule has 22 heavy (non-hydrogen) atoms. The Bertz CT molecular complexity index is 505. The van der Waals surface area contributed by atoms with Crippen molar-refractivity contribution >= 4 is 18.3 Å². The van der Waals surface area contributed by atoms with E-state index in [-0.39, 0.29) is 18.3 Å². The smallest absolute Gasteiger partial charge is 0.253 e. The first-order valence-electron chi connectivity index (χ1n) is 7.87. The molecule has 5 heteroatoms. The molecule has 1 N–H and O–H groups in total. The summed E-state index contributed by atoms with van der Waals surface area (Å²) in [4.78, 5) is 14.6. The fourth-order valence-corrected chi connectivity index (χ4v) is 3.58. The van der Waals surface area contributed by atoms with E-state index in [0.29, 0.717) is 5.41 Å². The van der Waals surface area contributed by atoms with Gasteiger partial charge in [-0.2, -0.15) is 0 Å². The van der Waals surface area contributed by atoms with Gasteiger partial charge in [0.1, 0.15) is 5.75 Å². The molecule has 2 aliphatic heterocycles. The second-order valence-electron chi connectivity index (χ2n) is 6.27. The highest BCUT2D eigenvalue weighted by atomic mass is 35.5. The topological polar surface area (TPSA) is 41.6 Å². The number of carbonyl (C=O) groups is 1. The van der Waals surface area contributed by atoms with E-state index in [1.807, 2.05) is 29.2 Å². The number of amides is 1. The van der Waals surface area contributed by atoms with Crippen LogP contribution >= 0.6 is 12.4 Å². The fraction of sp³-hybridized carbons (Fsp3) is 0.588. The number of hydrogen-bond acceptors (Lipinski definition) is 3. The van der Waals surface area contributed by atoms with Crippen LogP contribution in [0.1, 0.15) is 36.0 Å². The summed E-state index contributed by atoms with van der Waals surface area (Å²) < 4.78 is 5.20. The highest BCUT2D eigenvalue weighted by Gasteiger charge is 2.36. The molecule has 2 heterocycles. The van der Waals surface area contributed by atoms with E-state index in [9.17, 15) is 4.79 Å². The number of carbonyl (C=O) groups excluding carboxylic acids is 1. The standard InChI is InChI=1S/C17H24N2O2.ClH/c1-21-15-4-2-3-14(13-15)16(20)19-11-7-17(8-12-19)5-9-18-10-6-17;/h2-4,13,18H,5-12H2,1H3;1H. The number of nitrogens with zero attached hydrogens (tertiary/aromatic N) is 1. The van der Waals surface area contributed by atoms with Gasteiger partial charge in [-0.25, -0.2) is 0 Å². The molecule has 1 aromatic carbocycles. The van der Waals surface area contributed by atoms with Gasteiger partial charge in [0.05, 0.1) is 7.11 Å². The number of ether oxygens (including phenoxy) is 1. The number of likely N-dealkylation sites (tertiary alicyclic amines) is 1. The Labute approximate surface area is 138 Å². The van der Waals surface area contributed by atoms with E-state index >= 15 is 0 Å².